The van der Waals surface area contributed by atoms with Gasteiger partial charge in [0.2, 0.25) is 11.8 Å². The van der Waals surface area contributed by atoms with E-state index < -0.39 is 11.3 Å². The highest BCUT2D eigenvalue weighted by molar-refractivity contribution is 6.34. The summed E-state index contributed by atoms with van der Waals surface area (Å²) < 4.78 is 0. The van der Waals surface area contributed by atoms with E-state index >= 15 is 0 Å². The number of halogens is 1. The Morgan fingerprint density at radius 1 is 0.920 bits per heavy atom. The summed E-state index contributed by atoms with van der Waals surface area (Å²) in [5, 5.41) is 5.93. The van der Waals surface area contributed by atoms with E-state index in [1.54, 1.807) is 38.1 Å². The fraction of sp³-hybridized carbons (Fsp3) is 0.300. The quantitative estimate of drug-likeness (QED) is 0.733. The molecule has 0 radical (unpaired) electrons. The van der Waals surface area contributed by atoms with Crippen LogP contribution in [0.15, 0.2) is 48.5 Å². The van der Waals surface area contributed by atoms with Gasteiger partial charge in [0.05, 0.1) is 10.7 Å². The molecule has 0 aliphatic rings. The Kier molecular flexibility index (Phi) is 5.85. The van der Waals surface area contributed by atoms with Crippen molar-refractivity contribution in [3.63, 3.8) is 0 Å². The van der Waals surface area contributed by atoms with Crippen molar-refractivity contribution in [3.05, 3.63) is 59.1 Å². The molecule has 132 valence electrons. The minimum absolute atomic E-state index is 0.380. The zero-order valence-electron chi connectivity index (χ0n) is 14.9. The Morgan fingerprint density at radius 3 is 2.04 bits per heavy atom. The summed E-state index contributed by atoms with van der Waals surface area (Å²) in [5.41, 5.74) is 1.08. The number of hydrogen-bond acceptors (Lipinski definition) is 2. The summed E-state index contributed by atoms with van der Waals surface area (Å²) in [6, 6.07) is 14.5. The standard InChI is InChI=1S/C20H23ClN2O2/c1-13(2)14-9-11-15(12-10-14)22-18(24)20(3,4)19(25)23-17-8-6-5-7-16(17)21/h5-13H,1-4H3,(H,22,24)(H,23,25). The second-order valence-corrected chi connectivity index (χ2v) is 7.20. The van der Waals surface area contributed by atoms with Crippen LogP contribution in [0.25, 0.3) is 0 Å². The van der Waals surface area contributed by atoms with Gasteiger partial charge in [0, 0.05) is 5.69 Å². The first-order valence-corrected chi connectivity index (χ1v) is 8.57. The molecule has 2 rings (SSSR count). The molecule has 0 aliphatic heterocycles. The van der Waals surface area contributed by atoms with Gasteiger partial charge in [-0.3, -0.25) is 9.59 Å². The van der Waals surface area contributed by atoms with E-state index in [2.05, 4.69) is 24.5 Å². The first-order valence-electron chi connectivity index (χ1n) is 8.19. The number of rotatable bonds is 5. The topological polar surface area (TPSA) is 58.2 Å². The van der Waals surface area contributed by atoms with Gasteiger partial charge in [-0.1, -0.05) is 49.7 Å². The summed E-state index contributed by atoms with van der Waals surface area (Å²) >= 11 is 6.05. The highest BCUT2D eigenvalue weighted by Crippen LogP contribution is 2.26. The Morgan fingerprint density at radius 2 is 1.48 bits per heavy atom. The van der Waals surface area contributed by atoms with Crippen LogP contribution in [0, 0.1) is 5.41 Å². The van der Waals surface area contributed by atoms with E-state index in [-0.39, 0.29) is 5.91 Å². The molecule has 2 amide bonds. The molecule has 0 heterocycles. The summed E-state index contributed by atoms with van der Waals surface area (Å²) in [7, 11) is 0. The van der Waals surface area contributed by atoms with Gasteiger partial charge in [0.15, 0.2) is 0 Å². The van der Waals surface area contributed by atoms with Gasteiger partial charge < -0.3 is 10.6 Å². The number of carbonyl (C=O) groups excluding carboxylic acids is 2. The van der Waals surface area contributed by atoms with Crippen LogP contribution in [0.1, 0.15) is 39.2 Å². The molecule has 0 spiro atoms. The van der Waals surface area contributed by atoms with E-state index in [9.17, 15) is 9.59 Å². The minimum atomic E-state index is -1.25. The second kappa shape index (κ2) is 7.70. The predicted molar refractivity (Wildman–Crippen MR) is 103 cm³/mol. The summed E-state index contributed by atoms with van der Waals surface area (Å²) in [6.45, 7) is 7.37. The van der Waals surface area contributed by atoms with Crippen molar-refractivity contribution in [1.82, 2.24) is 0 Å². The SMILES string of the molecule is CC(C)c1ccc(NC(=O)C(C)(C)C(=O)Nc2ccccc2Cl)cc1. The normalized spacial score (nSPS) is 11.3. The van der Waals surface area contributed by atoms with Gasteiger partial charge in [-0.25, -0.2) is 0 Å². The predicted octanol–water partition coefficient (Wildman–Crippen LogP) is 5.07. The molecule has 0 saturated carbocycles. The number of benzene rings is 2. The maximum Gasteiger partial charge on any atom is 0.239 e. The molecular formula is C20H23ClN2O2. The van der Waals surface area contributed by atoms with Crippen molar-refractivity contribution in [2.75, 3.05) is 10.6 Å². The largest absolute Gasteiger partial charge is 0.325 e. The summed E-state index contributed by atoms with van der Waals surface area (Å²) in [6.07, 6.45) is 0. The first-order chi connectivity index (χ1) is 11.7. The number of carbonyl (C=O) groups is 2. The zero-order valence-corrected chi connectivity index (χ0v) is 15.6. The van der Waals surface area contributed by atoms with Crippen molar-refractivity contribution in [2.24, 2.45) is 5.41 Å². The van der Waals surface area contributed by atoms with Crippen molar-refractivity contribution in [3.8, 4) is 0 Å². The zero-order chi connectivity index (χ0) is 18.6. The molecule has 2 aromatic rings. The van der Waals surface area contributed by atoms with Crippen LogP contribution in [0.3, 0.4) is 0 Å². The average molecular weight is 359 g/mol. The van der Waals surface area contributed by atoms with Crippen LogP contribution in [-0.2, 0) is 9.59 Å². The highest BCUT2D eigenvalue weighted by atomic mass is 35.5. The summed E-state index contributed by atoms with van der Waals surface area (Å²) in [5.74, 6) is -0.381. The fourth-order valence-corrected chi connectivity index (χ4v) is 2.37. The highest BCUT2D eigenvalue weighted by Gasteiger charge is 2.36. The Bertz CT molecular complexity index is 768. The van der Waals surface area contributed by atoms with E-state index in [0.717, 1.165) is 0 Å². The molecule has 2 aromatic carbocycles. The van der Waals surface area contributed by atoms with Crippen molar-refractivity contribution in [1.29, 1.82) is 0 Å². The molecule has 0 atom stereocenters. The number of nitrogens with one attached hydrogen (secondary N) is 2. The van der Waals surface area contributed by atoms with Gasteiger partial charge in [-0.05, 0) is 49.6 Å². The van der Waals surface area contributed by atoms with Crippen LogP contribution in [0.2, 0.25) is 5.02 Å². The van der Waals surface area contributed by atoms with Crippen LogP contribution in [-0.4, -0.2) is 11.8 Å². The molecule has 25 heavy (non-hydrogen) atoms. The van der Waals surface area contributed by atoms with E-state index in [4.69, 9.17) is 11.6 Å². The Balaban J connectivity index is 2.08. The molecule has 0 aliphatic carbocycles. The Labute approximate surface area is 153 Å². The third kappa shape index (κ3) is 4.60. The number of amides is 2. The monoisotopic (exact) mass is 358 g/mol. The third-order valence-corrected chi connectivity index (χ3v) is 4.42. The molecule has 4 nitrogen and oxygen atoms in total. The summed E-state index contributed by atoms with van der Waals surface area (Å²) in [4.78, 5) is 25.1. The molecule has 0 bridgehead atoms. The van der Waals surface area contributed by atoms with E-state index in [1.807, 2.05) is 24.3 Å². The molecule has 0 unspecified atom stereocenters. The van der Waals surface area contributed by atoms with Crippen molar-refractivity contribution < 1.29 is 9.59 Å². The smallest absolute Gasteiger partial charge is 0.239 e. The van der Waals surface area contributed by atoms with E-state index in [0.29, 0.717) is 22.3 Å². The molecular weight excluding hydrogens is 336 g/mol. The van der Waals surface area contributed by atoms with Gasteiger partial charge in [-0.15, -0.1) is 0 Å². The lowest BCUT2D eigenvalue weighted by Gasteiger charge is -2.23. The third-order valence-electron chi connectivity index (χ3n) is 4.09. The number of anilines is 2. The van der Waals surface area contributed by atoms with Gasteiger partial charge >= 0.3 is 0 Å². The fourth-order valence-electron chi connectivity index (χ4n) is 2.18. The van der Waals surface area contributed by atoms with Crippen molar-refractivity contribution in [2.45, 2.75) is 33.6 Å². The number of para-hydroxylation sites is 1. The van der Waals surface area contributed by atoms with Gasteiger partial charge in [0.25, 0.3) is 0 Å². The second-order valence-electron chi connectivity index (χ2n) is 6.79. The number of hydrogen-bond donors (Lipinski definition) is 2. The first kappa shape index (κ1) is 19.0. The van der Waals surface area contributed by atoms with Crippen LogP contribution < -0.4 is 10.6 Å². The molecule has 2 N–H and O–H groups in total. The molecule has 0 saturated heterocycles. The van der Waals surface area contributed by atoms with Gasteiger partial charge in [-0.2, -0.15) is 0 Å². The average Bonchev–Trinajstić information content (AvgIpc) is 2.57. The van der Waals surface area contributed by atoms with Gasteiger partial charge in [0.1, 0.15) is 5.41 Å². The lowest BCUT2D eigenvalue weighted by molar-refractivity contribution is -0.135. The van der Waals surface area contributed by atoms with Crippen LogP contribution in [0.5, 0.6) is 0 Å². The maximum absolute atomic E-state index is 12.6. The van der Waals surface area contributed by atoms with Crippen LogP contribution >= 0.6 is 11.6 Å². The van der Waals surface area contributed by atoms with Crippen LogP contribution in [0.4, 0.5) is 11.4 Å². The molecule has 0 fully saturated rings. The minimum Gasteiger partial charge on any atom is -0.325 e. The maximum atomic E-state index is 12.6. The molecule has 5 heteroatoms. The Hall–Kier alpha value is -2.33. The van der Waals surface area contributed by atoms with Crippen molar-refractivity contribution >= 4 is 34.8 Å². The lowest BCUT2D eigenvalue weighted by Crippen LogP contribution is -2.41. The molecule has 0 aromatic heterocycles. The van der Waals surface area contributed by atoms with E-state index in [1.165, 1.54) is 5.56 Å². The lowest BCUT2D eigenvalue weighted by atomic mass is 9.90.